The largest absolute Gasteiger partial charge is 0.495 e. The first-order valence-electron chi connectivity index (χ1n) is 8.69. The van der Waals surface area contributed by atoms with Gasteiger partial charge >= 0.3 is 0 Å². The average molecular weight is 421 g/mol. The highest BCUT2D eigenvalue weighted by Gasteiger charge is 2.33. The molecule has 7 nitrogen and oxygen atoms in total. The molecule has 3 heterocycles. The molecule has 1 aromatic carbocycles. The smallest absolute Gasteiger partial charge is 0.292 e. The van der Waals surface area contributed by atoms with Crippen LogP contribution in [0, 0.1) is 0 Å². The van der Waals surface area contributed by atoms with Crippen molar-refractivity contribution < 1.29 is 14.3 Å². The van der Waals surface area contributed by atoms with Crippen molar-refractivity contribution in [3.05, 3.63) is 45.6 Å². The van der Waals surface area contributed by atoms with Crippen LogP contribution in [0.25, 0.3) is 10.9 Å². The fraction of sp³-hybridized carbons (Fsp3) is 0.316. The van der Waals surface area contributed by atoms with Crippen molar-refractivity contribution in [2.45, 2.75) is 19.4 Å². The maximum atomic E-state index is 13.0. The predicted molar refractivity (Wildman–Crippen MR) is 107 cm³/mol. The molecule has 0 radical (unpaired) electrons. The number of H-pyrrole nitrogens is 1. The van der Waals surface area contributed by atoms with Crippen molar-refractivity contribution in [1.29, 1.82) is 0 Å². The third kappa shape index (κ3) is 2.86. The number of halogens is 2. The molecule has 1 N–H and O–H groups in total. The Morgan fingerprint density at radius 1 is 1.21 bits per heavy atom. The number of amides is 1. The van der Waals surface area contributed by atoms with E-state index in [4.69, 9.17) is 32.7 Å². The van der Waals surface area contributed by atoms with Gasteiger partial charge in [0.25, 0.3) is 5.91 Å². The fourth-order valence-corrected chi connectivity index (χ4v) is 4.13. The van der Waals surface area contributed by atoms with E-state index in [-0.39, 0.29) is 17.8 Å². The number of benzene rings is 1. The van der Waals surface area contributed by atoms with Gasteiger partial charge in [0.2, 0.25) is 5.82 Å². The van der Waals surface area contributed by atoms with Crippen LogP contribution in [-0.4, -0.2) is 46.5 Å². The summed E-state index contributed by atoms with van der Waals surface area (Å²) in [6.45, 7) is 2.51. The molecule has 0 aliphatic carbocycles. The van der Waals surface area contributed by atoms with E-state index in [1.165, 1.54) is 19.5 Å². The molecule has 146 valence electrons. The Labute approximate surface area is 171 Å². The van der Waals surface area contributed by atoms with Crippen LogP contribution in [0.2, 0.25) is 10.0 Å². The number of aromatic amines is 1. The number of rotatable bonds is 3. The van der Waals surface area contributed by atoms with Gasteiger partial charge in [0.05, 0.1) is 43.2 Å². The van der Waals surface area contributed by atoms with Crippen molar-refractivity contribution in [1.82, 2.24) is 19.9 Å². The number of carbonyl (C=O) groups is 1. The van der Waals surface area contributed by atoms with Gasteiger partial charge < -0.3 is 19.4 Å². The van der Waals surface area contributed by atoms with Gasteiger partial charge in [-0.05, 0) is 13.0 Å². The second-order valence-electron chi connectivity index (χ2n) is 6.52. The molecule has 0 saturated carbocycles. The number of hydrogen-bond acceptors (Lipinski definition) is 5. The van der Waals surface area contributed by atoms with E-state index in [0.29, 0.717) is 34.5 Å². The van der Waals surface area contributed by atoms with Gasteiger partial charge in [0, 0.05) is 29.6 Å². The summed E-state index contributed by atoms with van der Waals surface area (Å²) in [5.41, 5.74) is 2.78. The molecule has 1 atom stereocenters. The first-order chi connectivity index (χ1) is 13.5. The number of aromatic nitrogens is 3. The Morgan fingerprint density at radius 2 is 1.93 bits per heavy atom. The molecule has 0 fully saturated rings. The van der Waals surface area contributed by atoms with Crippen LogP contribution in [-0.2, 0) is 6.42 Å². The minimum Gasteiger partial charge on any atom is -0.495 e. The van der Waals surface area contributed by atoms with Crippen LogP contribution in [0.15, 0.2) is 18.5 Å². The van der Waals surface area contributed by atoms with Crippen molar-refractivity contribution in [2.75, 3.05) is 20.8 Å². The Bertz CT molecular complexity index is 1070. The van der Waals surface area contributed by atoms with E-state index in [1.54, 1.807) is 12.0 Å². The van der Waals surface area contributed by atoms with Crippen LogP contribution in [0.3, 0.4) is 0 Å². The van der Waals surface area contributed by atoms with Crippen molar-refractivity contribution in [3.8, 4) is 11.5 Å². The van der Waals surface area contributed by atoms with Gasteiger partial charge in [-0.3, -0.25) is 4.79 Å². The number of carbonyl (C=O) groups excluding carboxylic acids is 1. The Hall–Kier alpha value is -2.51. The Kier molecular flexibility index (Phi) is 4.81. The zero-order chi connectivity index (χ0) is 20.0. The Morgan fingerprint density at radius 3 is 2.57 bits per heavy atom. The number of ether oxygens (including phenoxy) is 2. The SMILES string of the molecule is COc1cnc(C(=O)N2CCc3[nH]c4c(Cl)c(Cl)c(OC)cc4c3[C@@H]2C)nc1. The first kappa shape index (κ1) is 18.8. The average Bonchev–Trinajstić information content (AvgIpc) is 3.10. The maximum Gasteiger partial charge on any atom is 0.292 e. The second kappa shape index (κ2) is 7.14. The zero-order valence-electron chi connectivity index (χ0n) is 15.5. The molecule has 2 aromatic heterocycles. The van der Waals surface area contributed by atoms with Crippen LogP contribution < -0.4 is 9.47 Å². The normalized spacial score (nSPS) is 16.2. The highest BCUT2D eigenvalue weighted by molar-refractivity contribution is 6.46. The van der Waals surface area contributed by atoms with Gasteiger partial charge in [-0.15, -0.1) is 0 Å². The molecule has 1 aliphatic heterocycles. The lowest BCUT2D eigenvalue weighted by molar-refractivity contribution is 0.0665. The second-order valence-corrected chi connectivity index (χ2v) is 7.27. The minimum atomic E-state index is -0.234. The first-order valence-corrected chi connectivity index (χ1v) is 9.45. The van der Waals surface area contributed by atoms with Gasteiger partial charge in [-0.2, -0.15) is 0 Å². The van der Waals surface area contributed by atoms with Crippen LogP contribution in [0.5, 0.6) is 11.5 Å². The van der Waals surface area contributed by atoms with E-state index in [1.807, 2.05) is 13.0 Å². The molecular formula is C19H18Cl2N4O3. The summed E-state index contributed by atoms with van der Waals surface area (Å²) in [6.07, 6.45) is 3.63. The minimum absolute atomic E-state index is 0.134. The van der Waals surface area contributed by atoms with E-state index >= 15 is 0 Å². The number of nitrogens with zero attached hydrogens (tertiary/aromatic N) is 3. The summed E-state index contributed by atoms with van der Waals surface area (Å²) in [4.78, 5) is 26.4. The Balaban J connectivity index is 1.75. The summed E-state index contributed by atoms with van der Waals surface area (Å²) < 4.78 is 10.4. The fourth-order valence-electron chi connectivity index (χ4n) is 3.66. The van der Waals surface area contributed by atoms with E-state index in [2.05, 4.69) is 15.0 Å². The lowest BCUT2D eigenvalue weighted by Crippen LogP contribution is -2.39. The van der Waals surface area contributed by atoms with Gasteiger partial charge in [-0.25, -0.2) is 9.97 Å². The summed E-state index contributed by atoms with van der Waals surface area (Å²) in [5.74, 6) is 0.896. The quantitative estimate of drug-likeness (QED) is 0.691. The highest BCUT2D eigenvalue weighted by Crippen LogP contribution is 2.44. The van der Waals surface area contributed by atoms with Crippen molar-refractivity contribution in [3.63, 3.8) is 0 Å². The monoisotopic (exact) mass is 420 g/mol. The van der Waals surface area contributed by atoms with Crippen molar-refractivity contribution >= 4 is 40.0 Å². The van der Waals surface area contributed by atoms with E-state index in [0.717, 1.165) is 22.2 Å². The molecule has 1 amide bonds. The molecule has 0 spiro atoms. The van der Waals surface area contributed by atoms with Crippen molar-refractivity contribution in [2.24, 2.45) is 0 Å². The van der Waals surface area contributed by atoms with E-state index < -0.39 is 0 Å². The molecule has 4 rings (SSSR count). The molecule has 0 saturated heterocycles. The highest BCUT2D eigenvalue weighted by atomic mass is 35.5. The van der Waals surface area contributed by atoms with E-state index in [9.17, 15) is 4.79 Å². The summed E-state index contributed by atoms with van der Waals surface area (Å²) in [6, 6.07) is 1.66. The number of methoxy groups -OCH3 is 2. The van der Waals surface area contributed by atoms with Crippen LogP contribution in [0.1, 0.15) is 34.8 Å². The standard InChI is InChI=1S/C19H18Cl2N4O3/c1-9-14-11-6-13(28-3)15(20)16(21)17(11)24-12(14)4-5-25(9)19(26)18-22-7-10(27-2)8-23-18/h6-9,24H,4-5H2,1-3H3/t9-/m0/s1. The van der Waals surface area contributed by atoms with Gasteiger partial charge in [0.15, 0.2) is 5.75 Å². The molecule has 0 bridgehead atoms. The summed E-state index contributed by atoms with van der Waals surface area (Å²) >= 11 is 12.7. The molecule has 3 aromatic rings. The third-order valence-corrected chi connectivity index (χ3v) is 5.94. The number of nitrogens with one attached hydrogen (secondary N) is 1. The number of fused-ring (bicyclic) bond motifs is 3. The van der Waals surface area contributed by atoms with Crippen LogP contribution >= 0.6 is 23.2 Å². The lowest BCUT2D eigenvalue weighted by Gasteiger charge is -2.33. The van der Waals surface area contributed by atoms with Crippen LogP contribution in [0.4, 0.5) is 0 Å². The molecule has 9 heteroatoms. The predicted octanol–water partition coefficient (Wildman–Crippen LogP) is 4.04. The molecule has 0 unspecified atom stereocenters. The van der Waals surface area contributed by atoms with Gasteiger partial charge in [-0.1, -0.05) is 23.2 Å². The topological polar surface area (TPSA) is 80.3 Å². The third-order valence-electron chi connectivity index (χ3n) is 5.09. The molecule has 28 heavy (non-hydrogen) atoms. The molecular weight excluding hydrogens is 403 g/mol. The molecule has 1 aliphatic rings. The zero-order valence-corrected chi connectivity index (χ0v) is 17.1. The maximum absolute atomic E-state index is 13.0. The van der Waals surface area contributed by atoms with Gasteiger partial charge in [0.1, 0.15) is 10.8 Å². The lowest BCUT2D eigenvalue weighted by atomic mass is 9.96. The summed E-state index contributed by atoms with van der Waals surface area (Å²) in [7, 11) is 3.07. The summed E-state index contributed by atoms with van der Waals surface area (Å²) in [5, 5.41) is 1.67. The number of hydrogen-bond donors (Lipinski definition) is 1.